The van der Waals surface area contributed by atoms with Crippen LogP contribution in [-0.4, -0.2) is 59.5 Å². The van der Waals surface area contributed by atoms with E-state index in [1.54, 1.807) is 17.3 Å². The van der Waals surface area contributed by atoms with Gasteiger partial charge in [0.25, 0.3) is 5.71 Å². The van der Waals surface area contributed by atoms with E-state index in [9.17, 15) is 8.42 Å². The Balaban J connectivity index is 1.71. The van der Waals surface area contributed by atoms with Crippen LogP contribution in [0.1, 0.15) is 25.5 Å². The molecular formula is C15H20N4O3S. The minimum absolute atomic E-state index is 0.0337. The second-order valence-electron chi connectivity index (χ2n) is 6.51. The number of hydrogen-bond donors (Lipinski definition) is 0. The van der Waals surface area contributed by atoms with Gasteiger partial charge in [-0.15, -0.1) is 0 Å². The number of piperazine rings is 1. The Morgan fingerprint density at radius 2 is 2.17 bits per heavy atom. The molecule has 4 rings (SSSR count). The third-order valence-electron chi connectivity index (χ3n) is 4.97. The van der Waals surface area contributed by atoms with Crippen LogP contribution in [-0.2, 0) is 10.0 Å². The van der Waals surface area contributed by atoms with Crippen molar-refractivity contribution < 1.29 is 12.9 Å². The topological polar surface area (TPSA) is 79.5 Å². The zero-order valence-corrected chi connectivity index (χ0v) is 14.1. The van der Waals surface area contributed by atoms with Crippen LogP contribution in [0.25, 0.3) is 11.1 Å². The van der Waals surface area contributed by atoms with Crippen LogP contribution in [0.15, 0.2) is 21.7 Å². The van der Waals surface area contributed by atoms with Gasteiger partial charge in [0.15, 0.2) is 0 Å². The van der Waals surface area contributed by atoms with E-state index in [-0.39, 0.29) is 10.9 Å². The van der Waals surface area contributed by atoms with Crippen molar-refractivity contribution in [1.82, 2.24) is 19.3 Å². The van der Waals surface area contributed by atoms with Gasteiger partial charge in [0, 0.05) is 25.2 Å². The highest BCUT2D eigenvalue weighted by Crippen LogP contribution is 2.30. The van der Waals surface area contributed by atoms with Gasteiger partial charge in [0.1, 0.15) is 4.90 Å². The van der Waals surface area contributed by atoms with Crippen LogP contribution in [0.5, 0.6) is 0 Å². The quantitative estimate of drug-likeness (QED) is 0.824. The molecule has 23 heavy (non-hydrogen) atoms. The zero-order chi connectivity index (χ0) is 16.2. The molecule has 8 heteroatoms. The highest BCUT2D eigenvalue weighted by molar-refractivity contribution is 7.89. The monoisotopic (exact) mass is 336 g/mol. The molecule has 0 spiro atoms. The van der Waals surface area contributed by atoms with E-state index >= 15 is 0 Å². The van der Waals surface area contributed by atoms with Crippen LogP contribution >= 0.6 is 0 Å². The molecule has 2 aliphatic heterocycles. The van der Waals surface area contributed by atoms with Crippen LogP contribution in [0.2, 0.25) is 0 Å². The molecule has 2 aliphatic rings. The van der Waals surface area contributed by atoms with Gasteiger partial charge in [0.2, 0.25) is 10.0 Å². The summed E-state index contributed by atoms with van der Waals surface area (Å²) < 4.78 is 32.9. The van der Waals surface area contributed by atoms with Gasteiger partial charge in [-0.2, -0.15) is 4.31 Å². The van der Waals surface area contributed by atoms with Crippen molar-refractivity contribution in [2.75, 3.05) is 19.6 Å². The molecule has 0 N–H and O–H groups in total. The van der Waals surface area contributed by atoms with Crippen molar-refractivity contribution in [1.29, 1.82) is 0 Å². The predicted molar refractivity (Wildman–Crippen MR) is 84.5 cm³/mol. The number of fused-ring (bicyclic) bond motifs is 2. The second kappa shape index (κ2) is 5.25. The molecule has 2 atom stereocenters. The molecule has 2 fully saturated rings. The first-order valence-corrected chi connectivity index (χ1v) is 9.39. The minimum Gasteiger partial charge on any atom is -0.336 e. The first-order valence-electron chi connectivity index (χ1n) is 7.95. The van der Waals surface area contributed by atoms with Gasteiger partial charge in [-0.25, -0.2) is 13.4 Å². The molecule has 0 saturated carbocycles. The Morgan fingerprint density at radius 3 is 3.00 bits per heavy atom. The lowest BCUT2D eigenvalue weighted by Crippen LogP contribution is -2.56. The Bertz CT molecular complexity index is 848. The van der Waals surface area contributed by atoms with Crippen molar-refractivity contribution in [3.05, 3.63) is 18.0 Å². The summed E-state index contributed by atoms with van der Waals surface area (Å²) in [7, 11) is -3.56. The Morgan fingerprint density at radius 1 is 1.35 bits per heavy atom. The fourth-order valence-electron chi connectivity index (χ4n) is 3.70. The van der Waals surface area contributed by atoms with E-state index in [0.717, 1.165) is 25.9 Å². The van der Waals surface area contributed by atoms with Crippen LogP contribution < -0.4 is 0 Å². The first kappa shape index (κ1) is 15.0. The second-order valence-corrected chi connectivity index (χ2v) is 8.40. The molecule has 0 aromatic carbocycles. The Labute approximate surface area is 135 Å². The molecule has 0 radical (unpaired) electrons. The average Bonchev–Trinajstić information content (AvgIpc) is 3.12. The van der Waals surface area contributed by atoms with Crippen molar-refractivity contribution in [2.24, 2.45) is 0 Å². The standard InChI is InChI=1S/C15H20N4O3S/c1-10-8-18-5-3-4-12(18)9-19(10)23(20,21)13-6-14-11(2)17-22-15(14)16-7-13/h6-7,10,12H,3-5,8-9H2,1-2H3/t10-,12-/m0/s1. The molecule has 4 heterocycles. The maximum absolute atomic E-state index is 13.1. The third-order valence-corrected chi connectivity index (χ3v) is 6.92. The lowest BCUT2D eigenvalue weighted by molar-refractivity contribution is 0.117. The number of rotatable bonds is 2. The van der Waals surface area contributed by atoms with Gasteiger partial charge in [0.05, 0.1) is 17.3 Å². The van der Waals surface area contributed by atoms with Gasteiger partial charge >= 0.3 is 0 Å². The normalized spacial score (nSPS) is 26.7. The molecule has 0 amide bonds. The third kappa shape index (κ3) is 2.36. The van der Waals surface area contributed by atoms with E-state index in [2.05, 4.69) is 15.0 Å². The number of hydrogen-bond acceptors (Lipinski definition) is 6. The lowest BCUT2D eigenvalue weighted by Gasteiger charge is -2.41. The summed E-state index contributed by atoms with van der Waals surface area (Å²) in [5.74, 6) is 0. The van der Waals surface area contributed by atoms with Gasteiger partial charge in [-0.1, -0.05) is 5.16 Å². The molecule has 7 nitrogen and oxygen atoms in total. The molecule has 0 bridgehead atoms. The van der Waals surface area contributed by atoms with Gasteiger partial charge < -0.3 is 4.52 Å². The molecule has 0 unspecified atom stereocenters. The van der Waals surface area contributed by atoms with Crippen molar-refractivity contribution in [3.8, 4) is 0 Å². The van der Waals surface area contributed by atoms with Gasteiger partial charge in [-0.3, -0.25) is 4.90 Å². The predicted octanol–water partition coefficient (Wildman–Crippen LogP) is 1.39. The SMILES string of the molecule is Cc1noc2ncc(S(=O)(=O)N3C[C@@H]4CCCN4C[C@@H]3C)cc12. The van der Waals surface area contributed by atoms with Crippen molar-refractivity contribution >= 4 is 21.1 Å². The Hall–Kier alpha value is -1.51. The van der Waals surface area contributed by atoms with Crippen LogP contribution in [0, 0.1) is 6.92 Å². The number of pyridine rings is 1. The molecule has 2 saturated heterocycles. The fourth-order valence-corrected chi connectivity index (χ4v) is 5.33. The molecule has 0 aliphatic carbocycles. The lowest BCUT2D eigenvalue weighted by atomic mass is 10.1. The van der Waals surface area contributed by atoms with Crippen LogP contribution in [0.4, 0.5) is 0 Å². The summed E-state index contributed by atoms with van der Waals surface area (Å²) in [6.45, 7) is 6.19. The van der Waals surface area contributed by atoms with Gasteiger partial charge in [-0.05, 0) is 39.3 Å². The van der Waals surface area contributed by atoms with E-state index in [4.69, 9.17) is 4.52 Å². The smallest absolute Gasteiger partial charge is 0.257 e. The van der Waals surface area contributed by atoms with Crippen molar-refractivity contribution in [2.45, 2.75) is 43.7 Å². The summed E-state index contributed by atoms with van der Waals surface area (Å²) in [6.07, 6.45) is 3.59. The fraction of sp³-hybridized carbons (Fsp3) is 0.600. The van der Waals surface area contributed by atoms with Crippen molar-refractivity contribution in [3.63, 3.8) is 0 Å². The number of aryl methyl sites for hydroxylation is 1. The van der Waals surface area contributed by atoms with E-state index in [1.807, 2.05) is 6.92 Å². The van der Waals surface area contributed by atoms with E-state index in [0.29, 0.717) is 29.4 Å². The minimum atomic E-state index is -3.56. The summed E-state index contributed by atoms with van der Waals surface area (Å²) in [5, 5.41) is 4.49. The zero-order valence-electron chi connectivity index (χ0n) is 13.3. The summed E-state index contributed by atoms with van der Waals surface area (Å²) in [6, 6.07) is 1.93. The molecule has 2 aromatic rings. The molecule has 124 valence electrons. The molecule has 2 aromatic heterocycles. The number of nitrogens with zero attached hydrogens (tertiary/aromatic N) is 4. The van der Waals surface area contributed by atoms with Crippen LogP contribution in [0.3, 0.4) is 0 Å². The highest BCUT2D eigenvalue weighted by atomic mass is 32.2. The maximum atomic E-state index is 13.1. The average molecular weight is 336 g/mol. The largest absolute Gasteiger partial charge is 0.336 e. The van der Waals surface area contributed by atoms with E-state index in [1.165, 1.54) is 6.20 Å². The summed E-state index contributed by atoms with van der Waals surface area (Å²) in [4.78, 5) is 6.73. The molecular weight excluding hydrogens is 316 g/mol. The number of sulfonamides is 1. The highest BCUT2D eigenvalue weighted by Gasteiger charge is 2.40. The summed E-state index contributed by atoms with van der Waals surface area (Å²) in [5.41, 5.74) is 1.02. The summed E-state index contributed by atoms with van der Waals surface area (Å²) >= 11 is 0. The van der Waals surface area contributed by atoms with E-state index < -0.39 is 10.0 Å². The first-order chi connectivity index (χ1) is 11.0. The Kier molecular flexibility index (Phi) is 3.44. The number of aromatic nitrogens is 2. The maximum Gasteiger partial charge on any atom is 0.257 e.